The first-order valence-corrected chi connectivity index (χ1v) is 7.91. The Bertz CT molecular complexity index is 903. The van der Waals surface area contributed by atoms with Crippen LogP contribution < -0.4 is 20.5 Å². The standard InChI is InChI=1S/C18H19N3O4/c1-11-8-9-20(3)18(24)16(11)19-15(22)10-21-13-6-4-5-7-14(13)25-12(2)17(21)23/h4-9,12H,10H2,1-3H3,(H,19,22)/t12-/m0/s1. The van der Waals surface area contributed by atoms with E-state index in [1.54, 1.807) is 57.4 Å². The molecule has 1 aliphatic rings. The Morgan fingerprint density at radius 3 is 2.72 bits per heavy atom. The summed E-state index contributed by atoms with van der Waals surface area (Å²) in [5, 5.41) is 2.63. The van der Waals surface area contributed by atoms with Gasteiger partial charge in [0.1, 0.15) is 18.0 Å². The number of rotatable bonds is 3. The van der Waals surface area contributed by atoms with Gasteiger partial charge < -0.3 is 14.6 Å². The summed E-state index contributed by atoms with van der Waals surface area (Å²) < 4.78 is 6.94. The van der Waals surface area contributed by atoms with Crippen molar-refractivity contribution in [2.45, 2.75) is 20.0 Å². The number of para-hydroxylation sites is 2. The van der Waals surface area contributed by atoms with E-state index in [9.17, 15) is 14.4 Å². The van der Waals surface area contributed by atoms with Crippen LogP contribution in [0.2, 0.25) is 0 Å². The summed E-state index contributed by atoms with van der Waals surface area (Å²) in [6.07, 6.45) is 0.963. The molecule has 1 aromatic carbocycles. The summed E-state index contributed by atoms with van der Waals surface area (Å²) in [5.74, 6) is -0.190. The molecular weight excluding hydrogens is 322 g/mol. The van der Waals surface area contributed by atoms with Crippen LogP contribution in [0.5, 0.6) is 5.75 Å². The quantitative estimate of drug-likeness (QED) is 0.916. The van der Waals surface area contributed by atoms with Gasteiger partial charge in [0.05, 0.1) is 5.69 Å². The number of hydrogen-bond acceptors (Lipinski definition) is 4. The summed E-state index contributed by atoms with van der Waals surface area (Å²) in [6, 6.07) is 8.79. The van der Waals surface area contributed by atoms with E-state index in [-0.39, 0.29) is 23.7 Å². The van der Waals surface area contributed by atoms with Crippen LogP contribution in [0, 0.1) is 6.92 Å². The number of ether oxygens (including phenoxy) is 1. The van der Waals surface area contributed by atoms with Crippen molar-refractivity contribution in [1.82, 2.24) is 4.57 Å². The average Bonchev–Trinajstić information content (AvgIpc) is 2.59. The Kier molecular flexibility index (Phi) is 4.31. The van der Waals surface area contributed by atoms with Gasteiger partial charge in [-0.1, -0.05) is 12.1 Å². The van der Waals surface area contributed by atoms with Gasteiger partial charge in [-0.3, -0.25) is 19.3 Å². The fourth-order valence-electron chi connectivity index (χ4n) is 2.72. The molecule has 1 N–H and O–H groups in total. The molecule has 7 heteroatoms. The van der Waals surface area contributed by atoms with Crippen molar-refractivity contribution >= 4 is 23.2 Å². The summed E-state index contributed by atoms with van der Waals surface area (Å²) in [4.78, 5) is 38.4. The average molecular weight is 341 g/mol. The number of fused-ring (bicyclic) bond motifs is 1. The number of benzene rings is 1. The molecule has 1 atom stereocenters. The highest BCUT2D eigenvalue weighted by Gasteiger charge is 2.32. The molecular formula is C18H19N3O4. The number of aryl methyl sites for hydroxylation is 2. The molecule has 2 amide bonds. The Hall–Kier alpha value is -3.09. The molecule has 1 aliphatic heterocycles. The number of nitrogens with zero attached hydrogens (tertiary/aromatic N) is 2. The number of carbonyl (C=O) groups excluding carboxylic acids is 2. The SMILES string of the molecule is Cc1ccn(C)c(=O)c1NC(=O)CN1C(=O)[C@H](C)Oc2ccccc21. The van der Waals surface area contributed by atoms with Crippen molar-refractivity contribution in [3.63, 3.8) is 0 Å². The number of anilines is 2. The monoisotopic (exact) mass is 341 g/mol. The van der Waals surface area contributed by atoms with E-state index < -0.39 is 12.0 Å². The van der Waals surface area contributed by atoms with E-state index in [1.807, 2.05) is 0 Å². The van der Waals surface area contributed by atoms with Gasteiger partial charge in [0, 0.05) is 13.2 Å². The third-order valence-corrected chi connectivity index (χ3v) is 4.12. The second-order valence-electron chi connectivity index (χ2n) is 5.99. The number of aromatic nitrogens is 1. The molecule has 3 rings (SSSR count). The Labute approximate surface area is 144 Å². The van der Waals surface area contributed by atoms with Gasteiger partial charge >= 0.3 is 0 Å². The molecule has 7 nitrogen and oxygen atoms in total. The van der Waals surface area contributed by atoms with Crippen LogP contribution in [-0.2, 0) is 16.6 Å². The second-order valence-corrected chi connectivity index (χ2v) is 5.99. The van der Waals surface area contributed by atoms with Crippen LogP contribution in [0.15, 0.2) is 41.3 Å². The smallest absolute Gasteiger partial charge is 0.274 e. The lowest BCUT2D eigenvalue weighted by Gasteiger charge is -2.32. The van der Waals surface area contributed by atoms with Gasteiger partial charge in [0.25, 0.3) is 11.5 Å². The molecule has 2 aromatic rings. The van der Waals surface area contributed by atoms with E-state index in [1.165, 1.54) is 9.47 Å². The molecule has 25 heavy (non-hydrogen) atoms. The van der Waals surface area contributed by atoms with Crippen molar-refractivity contribution in [2.24, 2.45) is 7.05 Å². The zero-order valence-corrected chi connectivity index (χ0v) is 14.3. The fraction of sp³-hybridized carbons (Fsp3) is 0.278. The maximum atomic E-state index is 12.5. The van der Waals surface area contributed by atoms with Crippen LogP contribution in [0.4, 0.5) is 11.4 Å². The molecule has 130 valence electrons. The fourth-order valence-corrected chi connectivity index (χ4v) is 2.72. The predicted molar refractivity (Wildman–Crippen MR) is 93.9 cm³/mol. The number of amides is 2. The molecule has 0 saturated carbocycles. The summed E-state index contributed by atoms with van der Waals surface area (Å²) >= 11 is 0. The van der Waals surface area contributed by atoms with Crippen molar-refractivity contribution in [3.8, 4) is 5.75 Å². The zero-order chi connectivity index (χ0) is 18.1. The minimum absolute atomic E-state index is 0.193. The summed E-state index contributed by atoms with van der Waals surface area (Å²) in [6.45, 7) is 3.19. The molecule has 0 spiro atoms. The van der Waals surface area contributed by atoms with Gasteiger partial charge in [-0.05, 0) is 37.6 Å². The largest absolute Gasteiger partial charge is 0.479 e. The summed E-state index contributed by atoms with van der Waals surface area (Å²) in [5.41, 5.74) is 1.13. The minimum atomic E-state index is -0.672. The van der Waals surface area contributed by atoms with E-state index in [0.29, 0.717) is 17.0 Å². The van der Waals surface area contributed by atoms with Crippen LogP contribution in [-0.4, -0.2) is 29.0 Å². The van der Waals surface area contributed by atoms with Crippen molar-refractivity contribution < 1.29 is 14.3 Å². The van der Waals surface area contributed by atoms with E-state index in [4.69, 9.17) is 4.74 Å². The van der Waals surface area contributed by atoms with Crippen molar-refractivity contribution in [2.75, 3.05) is 16.8 Å². The van der Waals surface area contributed by atoms with Gasteiger partial charge in [0.2, 0.25) is 5.91 Å². The molecule has 0 bridgehead atoms. The topological polar surface area (TPSA) is 80.6 Å². The molecule has 0 saturated heterocycles. The number of pyridine rings is 1. The van der Waals surface area contributed by atoms with Crippen LogP contribution >= 0.6 is 0 Å². The number of hydrogen-bond donors (Lipinski definition) is 1. The predicted octanol–water partition coefficient (Wildman–Crippen LogP) is 1.45. The first-order chi connectivity index (χ1) is 11.9. The van der Waals surface area contributed by atoms with Gasteiger partial charge in [-0.15, -0.1) is 0 Å². The van der Waals surface area contributed by atoms with Crippen LogP contribution in [0.1, 0.15) is 12.5 Å². The lowest BCUT2D eigenvalue weighted by atomic mass is 10.2. The van der Waals surface area contributed by atoms with Crippen molar-refractivity contribution in [3.05, 3.63) is 52.4 Å². The number of carbonyl (C=O) groups is 2. The third kappa shape index (κ3) is 3.13. The van der Waals surface area contributed by atoms with Gasteiger partial charge in [-0.25, -0.2) is 0 Å². The third-order valence-electron chi connectivity index (χ3n) is 4.12. The molecule has 0 unspecified atom stereocenters. The Balaban J connectivity index is 1.85. The normalized spacial score (nSPS) is 16.2. The van der Waals surface area contributed by atoms with Gasteiger partial charge in [0.15, 0.2) is 6.10 Å². The maximum absolute atomic E-state index is 12.5. The lowest BCUT2D eigenvalue weighted by molar-refractivity contribution is -0.127. The van der Waals surface area contributed by atoms with E-state index in [0.717, 1.165) is 0 Å². The van der Waals surface area contributed by atoms with Crippen LogP contribution in [0.25, 0.3) is 0 Å². The highest BCUT2D eigenvalue weighted by atomic mass is 16.5. The number of nitrogens with one attached hydrogen (secondary N) is 1. The highest BCUT2D eigenvalue weighted by molar-refractivity contribution is 6.06. The van der Waals surface area contributed by atoms with Gasteiger partial charge in [-0.2, -0.15) is 0 Å². The second kappa shape index (κ2) is 6.43. The summed E-state index contributed by atoms with van der Waals surface area (Å²) in [7, 11) is 1.61. The van der Waals surface area contributed by atoms with Crippen molar-refractivity contribution in [1.29, 1.82) is 0 Å². The molecule has 2 heterocycles. The molecule has 0 fully saturated rings. The first-order valence-electron chi connectivity index (χ1n) is 7.91. The van der Waals surface area contributed by atoms with Crippen LogP contribution in [0.3, 0.4) is 0 Å². The zero-order valence-electron chi connectivity index (χ0n) is 14.3. The Morgan fingerprint density at radius 2 is 1.96 bits per heavy atom. The van der Waals surface area contributed by atoms with E-state index in [2.05, 4.69) is 5.32 Å². The highest BCUT2D eigenvalue weighted by Crippen LogP contribution is 2.33. The maximum Gasteiger partial charge on any atom is 0.274 e. The first kappa shape index (κ1) is 16.8. The van der Waals surface area contributed by atoms with E-state index >= 15 is 0 Å². The molecule has 1 aromatic heterocycles. The molecule has 0 aliphatic carbocycles. The Morgan fingerprint density at radius 1 is 1.24 bits per heavy atom. The minimum Gasteiger partial charge on any atom is -0.479 e. The lowest BCUT2D eigenvalue weighted by Crippen LogP contribution is -2.47. The molecule has 0 radical (unpaired) electrons.